The van der Waals surface area contributed by atoms with Gasteiger partial charge in [0.25, 0.3) is 0 Å². The Bertz CT molecular complexity index is 402. The van der Waals surface area contributed by atoms with Crippen molar-refractivity contribution >= 4 is 12.3 Å². The maximum absolute atomic E-state index is 13.6. The lowest BCUT2D eigenvalue weighted by molar-refractivity contribution is -0.128. The van der Waals surface area contributed by atoms with Crippen molar-refractivity contribution in [3.63, 3.8) is 0 Å². The molecular formula is C10H10F2N2O2. The number of aryl methyl sites for hydroxylation is 1. The van der Waals surface area contributed by atoms with Gasteiger partial charge in [-0.2, -0.15) is 8.78 Å². The molecule has 0 aromatic heterocycles. The normalized spacial score (nSPS) is 12.3. The van der Waals surface area contributed by atoms with Gasteiger partial charge in [-0.1, -0.05) is 35.0 Å². The van der Waals surface area contributed by atoms with Gasteiger partial charge in [0.2, 0.25) is 5.84 Å². The van der Waals surface area contributed by atoms with Gasteiger partial charge in [0, 0.05) is 5.56 Å². The minimum absolute atomic E-state index is 0.0852. The number of rotatable bonds is 4. The summed E-state index contributed by atoms with van der Waals surface area (Å²) in [7, 11) is 0. The minimum Gasteiger partial charge on any atom is -0.379 e. The lowest BCUT2D eigenvalue weighted by Crippen LogP contribution is -2.33. The van der Waals surface area contributed by atoms with E-state index >= 15 is 0 Å². The van der Waals surface area contributed by atoms with E-state index < -0.39 is 11.8 Å². The van der Waals surface area contributed by atoms with E-state index in [2.05, 4.69) is 9.99 Å². The quantitative estimate of drug-likeness (QED) is 0.279. The third kappa shape index (κ3) is 2.53. The first kappa shape index (κ1) is 12.1. The molecule has 4 nitrogen and oxygen atoms in total. The fourth-order valence-corrected chi connectivity index (χ4v) is 1.05. The van der Waals surface area contributed by atoms with Crippen LogP contribution in [0.25, 0.3) is 0 Å². The van der Waals surface area contributed by atoms with Crippen molar-refractivity contribution in [2.45, 2.75) is 12.8 Å². The molecule has 0 radical (unpaired) electrons. The first-order valence-corrected chi connectivity index (χ1v) is 4.37. The van der Waals surface area contributed by atoms with Crippen LogP contribution in [0.1, 0.15) is 11.1 Å². The molecule has 0 bridgehead atoms. The molecule has 0 saturated carbocycles. The first-order chi connectivity index (χ1) is 7.48. The third-order valence-corrected chi connectivity index (χ3v) is 1.93. The molecule has 0 unspecified atom stereocenters. The van der Waals surface area contributed by atoms with Crippen molar-refractivity contribution in [2.75, 3.05) is 0 Å². The van der Waals surface area contributed by atoms with E-state index in [1.54, 1.807) is 6.92 Å². The molecule has 2 N–H and O–H groups in total. The topological polar surface area (TPSA) is 64.7 Å². The Balaban J connectivity index is 3.00. The Hall–Kier alpha value is -1.98. The molecule has 86 valence electrons. The van der Waals surface area contributed by atoms with Gasteiger partial charge < -0.3 is 10.6 Å². The molecule has 0 aliphatic heterocycles. The van der Waals surface area contributed by atoms with Crippen LogP contribution < -0.4 is 5.73 Å². The van der Waals surface area contributed by atoms with Crippen LogP contribution in [0.15, 0.2) is 29.4 Å². The van der Waals surface area contributed by atoms with Crippen LogP contribution >= 0.6 is 0 Å². The Labute approximate surface area is 90.7 Å². The zero-order valence-corrected chi connectivity index (χ0v) is 8.48. The largest absolute Gasteiger partial charge is 0.379 e. The first-order valence-electron chi connectivity index (χ1n) is 4.37. The summed E-state index contributed by atoms with van der Waals surface area (Å²) in [6.45, 7) is 1.69. The number of hydrogen-bond donors (Lipinski definition) is 1. The molecule has 0 saturated heterocycles. The van der Waals surface area contributed by atoms with Crippen LogP contribution in [-0.4, -0.2) is 12.3 Å². The van der Waals surface area contributed by atoms with Crippen molar-refractivity contribution in [1.82, 2.24) is 0 Å². The maximum Gasteiger partial charge on any atom is 0.332 e. The number of alkyl halides is 2. The summed E-state index contributed by atoms with van der Waals surface area (Å²) in [5.41, 5.74) is 5.56. The predicted molar refractivity (Wildman–Crippen MR) is 53.8 cm³/mol. The predicted octanol–water partition coefficient (Wildman–Crippen LogP) is 1.53. The van der Waals surface area contributed by atoms with Gasteiger partial charge in [-0.25, -0.2) is 0 Å². The standard InChI is InChI=1S/C10H10F2N2O2/c1-7-2-4-8(5-3-7)10(11,12)9(13)14-16-6-15/h2-6H,1H3,(H2,13,14). The fourth-order valence-electron chi connectivity index (χ4n) is 1.05. The van der Waals surface area contributed by atoms with E-state index in [9.17, 15) is 13.6 Å². The SMILES string of the molecule is Cc1ccc(C(F)(F)/C(N)=N/OC=O)cc1. The smallest absolute Gasteiger partial charge is 0.332 e. The number of hydrogen-bond acceptors (Lipinski definition) is 3. The molecule has 0 amide bonds. The lowest BCUT2D eigenvalue weighted by atomic mass is 10.1. The van der Waals surface area contributed by atoms with Gasteiger partial charge in [0.05, 0.1) is 0 Å². The fraction of sp³-hybridized carbons (Fsp3) is 0.200. The number of benzene rings is 1. The van der Waals surface area contributed by atoms with Gasteiger partial charge in [-0.15, -0.1) is 0 Å². The lowest BCUT2D eigenvalue weighted by Gasteiger charge is -2.14. The molecular weight excluding hydrogens is 218 g/mol. The van der Waals surface area contributed by atoms with Gasteiger partial charge in [-0.3, -0.25) is 4.79 Å². The summed E-state index contributed by atoms with van der Waals surface area (Å²) in [5.74, 6) is -4.53. The van der Waals surface area contributed by atoms with Crippen LogP contribution in [-0.2, 0) is 15.6 Å². The number of nitrogens with two attached hydrogens (primary N) is 1. The minimum atomic E-state index is -3.46. The summed E-state index contributed by atoms with van der Waals surface area (Å²) in [5, 5.41) is 2.79. The van der Waals surface area contributed by atoms with E-state index in [-0.39, 0.29) is 12.0 Å². The average Bonchev–Trinajstić information content (AvgIpc) is 2.26. The zero-order chi connectivity index (χ0) is 12.2. The highest BCUT2D eigenvalue weighted by atomic mass is 19.3. The summed E-state index contributed by atoms with van der Waals surface area (Å²) < 4.78 is 27.1. The number of nitrogens with zero attached hydrogens (tertiary/aromatic N) is 1. The second-order valence-electron chi connectivity index (χ2n) is 3.12. The van der Waals surface area contributed by atoms with Crippen LogP contribution in [0.5, 0.6) is 0 Å². The molecule has 16 heavy (non-hydrogen) atoms. The highest BCUT2D eigenvalue weighted by Crippen LogP contribution is 2.28. The van der Waals surface area contributed by atoms with Crippen molar-refractivity contribution in [3.8, 4) is 0 Å². The molecule has 0 heterocycles. The summed E-state index contributed by atoms with van der Waals surface area (Å²) in [6.07, 6.45) is 0. The molecule has 1 aromatic rings. The monoisotopic (exact) mass is 228 g/mol. The summed E-state index contributed by atoms with van der Waals surface area (Å²) >= 11 is 0. The molecule has 1 aromatic carbocycles. The Morgan fingerprint density at radius 1 is 1.44 bits per heavy atom. The van der Waals surface area contributed by atoms with Crippen molar-refractivity contribution in [1.29, 1.82) is 0 Å². The summed E-state index contributed by atoms with van der Waals surface area (Å²) in [4.78, 5) is 13.6. The van der Waals surface area contributed by atoms with Crippen molar-refractivity contribution < 1.29 is 18.4 Å². The highest BCUT2D eigenvalue weighted by molar-refractivity contribution is 5.88. The van der Waals surface area contributed by atoms with Crippen LogP contribution in [0, 0.1) is 6.92 Å². The average molecular weight is 228 g/mol. The Morgan fingerprint density at radius 3 is 2.50 bits per heavy atom. The van der Waals surface area contributed by atoms with Crippen molar-refractivity contribution in [3.05, 3.63) is 35.4 Å². The van der Waals surface area contributed by atoms with E-state index in [4.69, 9.17) is 5.73 Å². The molecule has 0 aliphatic rings. The number of carbonyl (C=O) groups excluding carboxylic acids is 1. The highest BCUT2D eigenvalue weighted by Gasteiger charge is 2.37. The Morgan fingerprint density at radius 2 is 2.00 bits per heavy atom. The molecule has 6 heteroatoms. The van der Waals surface area contributed by atoms with Gasteiger partial charge in [-0.05, 0) is 6.92 Å². The molecule has 0 spiro atoms. The number of carbonyl (C=O) groups is 1. The number of halogens is 2. The van der Waals surface area contributed by atoms with E-state index in [1.807, 2.05) is 0 Å². The Kier molecular flexibility index (Phi) is 3.55. The van der Waals surface area contributed by atoms with Crippen molar-refractivity contribution in [2.24, 2.45) is 10.9 Å². The van der Waals surface area contributed by atoms with Gasteiger partial charge in [0.15, 0.2) is 0 Å². The van der Waals surface area contributed by atoms with Crippen LogP contribution in [0.2, 0.25) is 0 Å². The second kappa shape index (κ2) is 4.69. The number of amidine groups is 1. The number of oxime groups is 1. The second-order valence-corrected chi connectivity index (χ2v) is 3.12. The molecule has 1 rings (SSSR count). The van der Waals surface area contributed by atoms with Crippen LogP contribution in [0.4, 0.5) is 8.78 Å². The summed E-state index contributed by atoms with van der Waals surface area (Å²) in [6, 6.07) is 5.52. The van der Waals surface area contributed by atoms with E-state index in [1.165, 1.54) is 24.3 Å². The molecule has 0 fully saturated rings. The van der Waals surface area contributed by atoms with Gasteiger partial charge >= 0.3 is 12.4 Å². The van der Waals surface area contributed by atoms with Crippen LogP contribution in [0.3, 0.4) is 0 Å². The zero-order valence-electron chi connectivity index (χ0n) is 8.48. The molecule has 0 atom stereocenters. The van der Waals surface area contributed by atoms with E-state index in [0.29, 0.717) is 0 Å². The van der Waals surface area contributed by atoms with Gasteiger partial charge in [0.1, 0.15) is 0 Å². The van der Waals surface area contributed by atoms with E-state index in [0.717, 1.165) is 5.56 Å². The maximum atomic E-state index is 13.6. The third-order valence-electron chi connectivity index (χ3n) is 1.93. The molecule has 0 aliphatic carbocycles.